The molecule has 1 fully saturated rings. The van der Waals surface area contributed by atoms with Gasteiger partial charge in [0.2, 0.25) is 17.7 Å². The van der Waals surface area contributed by atoms with Crippen LogP contribution in [-0.4, -0.2) is 52.4 Å². The largest absolute Gasteiger partial charge is 0.444 e. The number of amides is 4. The third kappa shape index (κ3) is 7.70. The van der Waals surface area contributed by atoms with E-state index < -0.39 is 42.0 Å². The molecule has 194 valence electrons. The van der Waals surface area contributed by atoms with Gasteiger partial charge in [-0.25, -0.2) is 4.79 Å². The van der Waals surface area contributed by atoms with Crippen LogP contribution in [0.25, 0.3) is 0 Å². The van der Waals surface area contributed by atoms with Gasteiger partial charge in [0, 0.05) is 12.1 Å². The van der Waals surface area contributed by atoms with Gasteiger partial charge >= 0.3 is 6.09 Å². The summed E-state index contributed by atoms with van der Waals surface area (Å²) >= 11 is 0. The van der Waals surface area contributed by atoms with E-state index >= 15 is 0 Å². The van der Waals surface area contributed by atoms with Crippen LogP contribution in [-0.2, 0) is 19.1 Å². The highest BCUT2D eigenvalue weighted by atomic mass is 16.6. The second-order valence-electron chi connectivity index (χ2n) is 10.6. The summed E-state index contributed by atoms with van der Waals surface area (Å²) in [6, 6.07) is 3.17. The quantitative estimate of drug-likeness (QED) is 0.492. The molecule has 4 N–H and O–H groups in total. The molecule has 2 unspecified atom stereocenters. The van der Waals surface area contributed by atoms with Gasteiger partial charge in [0.25, 0.3) is 0 Å². The molecule has 1 aliphatic carbocycles. The first kappa shape index (κ1) is 28.1. The maximum atomic E-state index is 14.0. The van der Waals surface area contributed by atoms with Crippen LogP contribution in [0.15, 0.2) is 18.2 Å². The summed E-state index contributed by atoms with van der Waals surface area (Å²) in [7, 11) is 0. The van der Waals surface area contributed by atoms with Crippen LogP contribution in [0.2, 0.25) is 0 Å². The van der Waals surface area contributed by atoms with E-state index in [1.54, 1.807) is 25.7 Å². The molecule has 1 aliphatic rings. The van der Waals surface area contributed by atoms with Crippen LogP contribution in [0.1, 0.15) is 83.0 Å². The van der Waals surface area contributed by atoms with Crippen LogP contribution >= 0.6 is 0 Å². The molecule has 0 bridgehead atoms. The van der Waals surface area contributed by atoms with Gasteiger partial charge in [-0.3, -0.25) is 14.4 Å². The number of nitrogens with zero attached hydrogens (tertiary/aromatic N) is 1. The van der Waals surface area contributed by atoms with Crippen molar-refractivity contribution in [2.45, 2.75) is 104 Å². The molecule has 0 spiro atoms. The Morgan fingerprint density at radius 3 is 2.09 bits per heavy atom. The molecule has 4 amide bonds. The van der Waals surface area contributed by atoms with Crippen molar-refractivity contribution in [1.29, 1.82) is 0 Å². The number of carbonyl (C=O) groups is 4. The maximum Gasteiger partial charge on any atom is 0.408 e. The molecule has 35 heavy (non-hydrogen) atoms. The van der Waals surface area contributed by atoms with Gasteiger partial charge < -0.3 is 26.0 Å². The number of benzene rings is 1. The van der Waals surface area contributed by atoms with Crippen molar-refractivity contribution in [3.05, 3.63) is 34.9 Å². The number of aryl methyl sites for hydroxylation is 2. The summed E-state index contributed by atoms with van der Waals surface area (Å²) in [5, 5.41) is 5.47. The van der Waals surface area contributed by atoms with Gasteiger partial charge in [-0.1, -0.05) is 18.2 Å². The lowest BCUT2D eigenvalue weighted by molar-refractivity contribution is -0.148. The van der Waals surface area contributed by atoms with Crippen molar-refractivity contribution < 1.29 is 23.9 Å². The minimum absolute atomic E-state index is 0.144. The topological polar surface area (TPSA) is 131 Å². The summed E-state index contributed by atoms with van der Waals surface area (Å²) in [6.07, 6.45) is 1.11. The van der Waals surface area contributed by atoms with Gasteiger partial charge in [0.15, 0.2) is 0 Å². The lowest BCUT2D eigenvalue weighted by Gasteiger charge is -2.44. The molecule has 0 heterocycles. The highest BCUT2D eigenvalue weighted by Crippen LogP contribution is 2.36. The third-order valence-electron chi connectivity index (χ3n) is 5.89. The number of carbonyl (C=O) groups excluding carboxylic acids is 4. The predicted molar refractivity (Wildman–Crippen MR) is 133 cm³/mol. The SMILES string of the molecule is Cc1cccc(C)c1C(C(=O)NC(C)C)N(C(=O)C(CC(N)=O)NC(=O)OC(C)(C)C)C1CCC1. The second-order valence-corrected chi connectivity index (χ2v) is 10.6. The fourth-order valence-corrected chi connectivity index (χ4v) is 4.23. The Kier molecular flexibility index (Phi) is 9.29. The van der Waals surface area contributed by atoms with E-state index in [0.29, 0.717) is 0 Å². The zero-order valence-corrected chi connectivity index (χ0v) is 21.9. The average molecular weight is 489 g/mol. The fraction of sp³-hybridized carbons (Fsp3) is 0.615. The summed E-state index contributed by atoms with van der Waals surface area (Å²) in [4.78, 5) is 53.5. The molecule has 9 nitrogen and oxygen atoms in total. The van der Waals surface area contributed by atoms with Crippen LogP contribution in [0.4, 0.5) is 4.79 Å². The van der Waals surface area contributed by atoms with Crippen molar-refractivity contribution >= 4 is 23.8 Å². The van der Waals surface area contributed by atoms with Gasteiger partial charge in [0.1, 0.15) is 17.7 Å². The van der Waals surface area contributed by atoms with Crippen LogP contribution < -0.4 is 16.4 Å². The van der Waals surface area contributed by atoms with E-state index in [9.17, 15) is 19.2 Å². The first-order valence-electron chi connectivity index (χ1n) is 12.2. The van der Waals surface area contributed by atoms with E-state index in [2.05, 4.69) is 10.6 Å². The number of ether oxygens (including phenoxy) is 1. The van der Waals surface area contributed by atoms with Crippen LogP contribution in [0.3, 0.4) is 0 Å². The van der Waals surface area contributed by atoms with Crippen LogP contribution in [0, 0.1) is 13.8 Å². The standard InChI is InChI=1S/C26H40N4O5/c1-15(2)28-23(32)22(21-16(3)10-8-11-17(21)4)30(18-12-9-13-18)24(33)19(14-20(27)31)29-25(34)35-26(5,6)7/h8,10-11,15,18-19,22H,9,12-14H2,1-7H3,(H2,27,31)(H,28,32)(H,29,34). The highest BCUT2D eigenvalue weighted by Gasteiger charge is 2.43. The monoisotopic (exact) mass is 488 g/mol. The number of primary amides is 1. The molecule has 2 atom stereocenters. The van der Waals surface area contributed by atoms with E-state index in [1.165, 1.54) is 0 Å². The molecular formula is C26H40N4O5. The zero-order valence-electron chi connectivity index (χ0n) is 21.9. The highest BCUT2D eigenvalue weighted by molar-refractivity contribution is 5.95. The normalized spacial score (nSPS) is 15.5. The van der Waals surface area contributed by atoms with Gasteiger partial charge in [-0.15, -0.1) is 0 Å². The smallest absolute Gasteiger partial charge is 0.408 e. The predicted octanol–water partition coefficient (Wildman–Crippen LogP) is 3.02. The molecule has 9 heteroatoms. The van der Waals surface area contributed by atoms with E-state index in [1.807, 2.05) is 45.9 Å². The lowest BCUT2D eigenvalue weighted by Crippen LogP contribution is -2.58. The van der Waals surface area contributed by atoms with Crippen molar-refractivity contribution in [3.8, 4) is 0 Å². The number of hydrogen-bond donors (Lipinski definition) is 3. The third-order valence-corrected chi connectivity index (χ3v) is 5.89. The molecule has 1 saturated carbocycles. The molecule has 0 radical (unpaired) electrons. The molecule has 1 aromatic carbocycles. The Hall–Kier alpha value is -3.10. The van der Waals surface area contributed by atoms with Crippen molar-refractivity contribution in [1.82, 2.24) is 15.5 Å². The minimum Gasteiger partial charge on any atom is -0.444 e. The van der Waals surface area contributed by atoms with Gasteiger partial charge in [0.05, 0.1) is 6.42 Å². The number of rotatable bonds is 9. The van der Waals surface area contributed by atoms with E-state index in [0.717, 1.165) is 36.0 Å². The molecular weight excluding hydrogens is 448 g/mol. The Morgan fingerprint density at radius 2 is 1.66 bits per heavy atom. The summed E-state index contributed by atoms with van der Waals surface area (Å²) in [5.74, 6) is -1.60. The Bertz CT molecular complexity index is 929. The molecule has 1 aromatic rings. The van der Waals surface area contributed by atoms with Crippen LogP contribution in [0.5, 0.6) is 0 Å². The number of nitrogens with one attached hydrogen (secondary N) is 2. The Balaban J connectivity index is 2.56. The van der Waals surface area contributed by atoms with Crippen molar-refractivity contribution in [2.75, 3.05) is 0 Å². The van der Waals surface area contributed by atoms with Crippen molar-refractivity contribution in [3.63, 3.8) is 0 Å². The number of nitrogens with two attached hydrogens (primary N) is 1. The summed E-state index contributed by atoms with van der Waals surface area (Å²) in [5.41, 5.74) is 7.12. The minimum atomic E-state index is -1.26. The first-order valence-corrected chi connectivity index (χ1v) is 12.2. The molecule has 0 aliphatic heterocycles. The molecule has 2 rings (SSSR count). The van der Waals surface area contributed by atoms with Gasteiger partial charge in [-0.05, 0) is 84.4 Å². The maximum absolute atomic E-state index is 14.0. The Labute approximate surface area is 208 Å². The van der Waals surface area contributed by atoms with Gasteiger partial charge in [-0.2, -0.15) is 0 Å². The van der Waals surface area contributed by atoms with Crippen molar-refractivity contribution in [2.24, 2.45) is 5.73 Å². The Morgan fingerprint density at radius 1 is 1.09 bits per heavy atom. The molecule has 0 saturated heterocycles. The second kappa shape index (κ2) is 11.6. The lowest BCUT2D eigenvalue weighted by atomic mass is 9.86. The first-order chi connectivity index (χ1) is 16.2. The average Bonchev–Trinajstić information content (AvgIpc) is 2.64. The zero-order chi connectivity index (χ0) is 26.5. The number of hydrogen-bond acceptors (Lipinski definition) is 5. The van der Waals surface area contributed by atoms with E-state index in [4.69, 9.17) is 10.5 Å². The van der Waals surface area contributed by atoms with E-state index in [-0.39, 0.29) is 18.0 Å². The summed E-state index contributed by atoms with van der Waals surface area (Å²) < 4.78 is 5.31. The number of alkyl carbamates (subject to hydrolysis) is 1. The summed E-state index contributed by atoms with van der Waals surface area (Å²) in [6.45, 7) is 12.6. The fourth-order valence-electron chi connectivity index (χ4n) is 4.23. The molecule has 0 aromatic heterocycles.